The van der Waals surface area contributed by atoms with Gasteiger partial charge in [0, 0.05) is 43.3 Å². The lowest BCUT2D eigenvalue weighted by Gasteiger charge is -2.36. The maximum Gasteiger partial charge on any atom is 0.256 e. The van der Waals surface area contributed by atoms with E-state index in [-0.39, 0.29) is 5.91 Å². The second-order valence-corrected chi connectivity index (χ2v) is 7.81. The first-order chi connectivity index (χ1) is 13.6. The molecular weight excluding hydrogens is 372 g/mol. The molecule has 6 heteroatoms. The van der Waals surface area contributed by atoms with Gasteiger partial charge in [-0.3, -0.25) is 9.69 Å². The largest absolute Gasteiger partial charge is 0.369 e. The molecule has 0 aromatic heterocycles. The number of piperazine rings is 1. The number of aryl methyl sites for hydroxylation is 1. The first-order valence-electron chi connectivity index (χ1n) is 9.77. The SMILES string of the molecule is Cc1ccc(Cl)cc1N1CCN(CC(=O)N2CCC(c3ccccc3)=N2)CC1. The Hall–Kier alpha value is -2.37. The van der Waals surface area contributed by atoms with Gasteiger partial charge in [-0.25, -0.2) is 5.01 Å². The minimum absolute atomic E-state index is 0.0818. The van der Waals surface area contributed by atoms with Crippen LogP contribution in [0.1, 0.15) is 17.5 Å². The van der Waals surface area contributed by atoms with Crippen LogP contribution >= 0.6 is 11.6 Å². The molecular formula is C22H25ClN4O. The van der Waals surface area contributed by atoms with E-state index >= 15 is 0 Å². The van der Waals surface area contributed by atoms with Crippen LogP contribution in [-0.4, -0.2) is 60.8 Å². The molecule has 0 N–H and O–H groups in total. The molecule has 1 amide bonds. The number of anilines is 1. The van der Waals surface area contributed by atoms with Gasteiger partial charge in [0.1, 0.15) is 0 Å². The zero-order valence-electron chi connectivity index (χ0n) is 16.1. The van der Waals surface area contributed by atoms with Crippen LogP contribution in [0.4, 0.5) is 5.69 Å². The van der Waals surface area contributed by atoms with Gasteiger partial charge in [0.05, 0.1) is 18.8 Å². The maximum atomic E-state index is 12.7. The molecule has 1 saturated heterocycles. The highest BCUT2D eigenvalue weighted by atomic mass is 35.5. The standard InChI is InChI=1S/C22H25ClN4O/c1-17-7-8-19(23)15-21(17)26-13-11-25(12-14-26)16-22(28)27-10-9-20(24-27)18-5-3-2-4-6-18/h2-8,15H,9-14,16H2,1H3. The molecule has 2 aliphatic heterocycles. The van der Waals surface area contributed by atoms with Gasteiger partial charge in [0.2, 0.25) is 0 Å². The summed E-state index contributed by atoms with van der Waals surface area (Å²) in [5.41, 5.74) is 4.52. The van der Waals surface area contributed by atoms with E-state index in [1.54, 1.807) is 5.01 Å². The van der Waals surface area contributed by atoms with Gasteiger partial charge in [-0.1, -0.05) is 48.0 Å². The van der Waals surface area contributed by atoms with E-state index in [0.717, 1.165) is 48.9 Å². The molecule has 2 aliphatic rings. The summed E-state index contributed by atoms with van der Waals surface area (Å²) in [4.78, 5) is 17.3. The van der Waals surface area contributed by atoms with Crippen molar-refractivity contribution in [1.29, 1.82) is 0 Å². The fourth-order valence-corrected chi connectivity index (χ4v) is 3.98. The number of halogens is 1. The zero-order chi connectivity index (χ0) is 19.5. The molecule has 2 aromatic carbocycles. The van der Waals surface area contributed by atoms with Gasteiger partial charge >= 0.3 is 0 Å². The van der Waals surface area contributed by atoms with Crippen molar-refractivity contribution in [3.05, 3.63) is 64.7 Å². The Labute approximate surface area is 171 Å². The van der Waals surface area contributed by atoms with Crippen molar-refractivity contribution in [2.24, 2.45) is 5.10 Å². The molecule has 0 radical (unpaired) electrons. The van der Waals surface area contributed by atoms with Crippen molar-refractivity contribution < 1.29 is 4.79 Å². The molecule has 28 heavy (non-hydrogen) atoms. The van der Waals surface area contributed by atoms with E-state index in [1.807, 2.05) is 42.5 Å². The van der Waals surface area contributed by atoms with Crippen molar-refractivity contribution in [2.45, 2.75) is 13.3 Å². The van der Waals surface area contributed by atoms with Crippen molar-refractivity contribution in [2.75, 3.05) is 44.2 Å². The first-order valence-corrected chi connectivity index (χ1v) is 10.1. The Morgan fingerprint density at radius 2 is 1.79 bits per heavy atom. The Bertz CT molecular complexity index is 875. The quantitative estimate of drug-likeness (QED) is 0.795. The summed E-state index contributed by atoms with van der Waals surface area (Å²) in [7, 11) is 0. The fourth-order valence-electron chi connectivity index (χ4n) is 3.81. The monoisotopic (exact) mass is 396 g/mol. The van der Waals surface area contributed by atoms with Crippen molar-refractivity contribution >= 4 is 28.9 Å². The molecule has 0 atom stereocenters. The highest BCUT2D eigenvalue weighted by Crippen LogP contribution is 2.25. The first kappa shape index (κ1) is 19.0. The van der Waals surface area contributed by atoms with Gasteiger partial charge < -0.3 is 4.90 Å². The molecule has 0 saturated carbocycles. The molecule has 0 unspecified atom stereocenters. The molecule has 4 rings (SSSR count). The van der Waals surface area contributed by atoms with Crippen LogP contribution in [0.3, 0.4) is 0 Å². The van der Waals surface area contributed by atoms with Crippen LogP contribution in [0.2, 0.25) is 5.02 Å². The van der Waals surface area contributed by atoms with Crippen LogP contribution in [-0.2, 0) is 4.79 Å². The third-order valence-corrected chi connectivity index (χ3v) is 5.67. The summed E-state index contributed by atoms with van der Waals surface area (Å²) in [6.07, 6.45) is 0.817. The number of hydrogen-bond acceptors (Lipinski definition) is 4. The summed E-state index contributed by atoms with van der Waals surface area (Å²) >= 11 is 6.16. The minimum atomic E-state index is 0.0818. The normalized spacial score (nSPS) is 17.7. The number of benzene rings is 2. The van der Waals surface area contributed by atoms with Gasteiger partial charge in [0.15, 0.2) is 0 Å². The number of hydrazone groups is 1. The third-order valence-electron chi connectivity index (χ3n) is 5.44. The molecule has 2 aromatic rings. The highest BCUT2D eigenvalue weighted by molar-refractivity contribution is 6.30. The molecule has 0 bridgehead atoms. The van der Waals surface area contributed by atoms with Gasteiger partial charge in [-0.15, -0.1) is 0 Å². The summed E-state index contributed by atoms with van der Waals surface area (Å²) in [6.45, 7) is 6.72. The van der Waals surface area contributed by atoms with Crippen LogP contribution in [0.25, 0.3) is 0 Å². The summed E-state index contributed by atoms with van der Waals surface area (Å²) in [5, 5.41) is 6.95. The van der Waals surface area contributed by atoms with Crippen molar-refractivity contribution in [1.82, 2.24) is 9.91 Å². The average molecular weight is 397 g/mol. The number of amides is 1. The maximum absolute atomic E-state index is 12.7. The number of nitrogens with zero attached hydrogens (tertiary/aromatic N) is 4. The lowest BCUT2D eigenvalue weighted by Crippen LogP contribution is -2.49. The van der Waals surface area contributed by atoms with E-state index in [0.29, 0.717) is 13.1 Å². The minimum Gasteiger partial charge on any atom is -0.369 e. The van der Waals surface area contributed by atoms with Crippen molar-refractivity contribution in [3.8, 4) is 0 Å². The smallest absolute Gasteiger partial charge is 0.256 e. The van der Waals surface area contributed by atoms with Crippen LogP contribution in [0, 0.1) is 6.92 Å². The molecule has 0 spiro atoms. The Morgan fingerprint density at radius 3 is 2.54 bits per heavy atom. The number of hydrogen-bond donors (Lipinski definition) is 0. The Kier molecular flexibility index (Phi) is 5.64. The zero-order valence-corrected chi connectivity index (χ0v) is 16.9. The number of carbonyl (C=O) groups excluding carboxylic acids is 1. The lowest BCUT2D eigenvalue weighted by molar-refractivity contribution is -0.132. The van der Waals surface area contributed by atoms with E-state index in [1.165, 1.54) is 11.3 Å². The predicted octanol–water partition coefficient (Wildman–Crippen LogP) is 3.41. The van der Waals surface area contributed by atoms with E-state index in [4.69, 9.17) is 11.6 Å². The number of carbonyl (C=O) groups is 1. The van der Waals surface area contributed by atoms with Crippen molar-refractivity contribution in [3.63, 3.8) is 0 Å². The summed E-state index contributed by atoms with van der Waals surface area (Å²) in [6, 6.07) is 16.1. The predicted molar refractivity (Wildman–Crippen MR) is 114 cm³/mol. The van der Waals surface area contributed by atoms with E-state index in [9.17, 15) is 4.79 Å². The number of rotatable bonds is 4. The molecule has 0 aliphatic carbocycles. The van der Waals surface area contributed by atoms with E-state index in [2.05, 4.69) is 27.9 Å². The van der Waals surface area contributed by atoms with Crippen LogP contribution in [0.15, 0.2) is 53.6 Å². The second-order valence-electron chi connectivity index (χ2n) is 7.37. The molecule has 5 nitrogen and oxygen atoms in total. The molecule has 2 heterocycles. The fraction of sp³-hybridized carbons (Fsp3) is 0.364. The molecule has 146 valence electrons. The lowest BCUT2D eigenvalue weighted by atomic mass is 10.1. The van der Waals surface area contributed by atoms with Gasteiger partial charge in [0.25, 0.3) is 5.91 Å². The third kappa shape index (κ3) is 4.21. The molecule has 1 fully saturated rings. The van der Waals surface area contributed by atoms with Gasteiger partial charge in [-0.05, 0) is 30.2 Å². The van der Waals surface area contributed by atoms with E-state index < -0.39 is 0 Å². The Balaban J connectivity index is 1.32. The highest BCUT2D eigenvalue weighted by Gasteiger charge is 2.25. The van der Waals surface area contributed by atoms with Crippen LogP contribution in [0.5, 0.6) is 0 Å². The van der Waals surface area contributed by atoms with Gasteiger partial charge in [-0.2, -0.15) is 5.10 Å². The second kappa shape index (κ2) is 8.33. The topological polar surface area (TPSA) is 39.1 Å². The average Bonchev–Trinajstić information content (AvgIpc) is 3.22. The Morgan fingerprint density at radius 1 is 1.04 bits per heavy atom. The summed E-state index contributed by atoms with van der Waals surface area (Å²) in [5.74, 6) is 0.0818. The van der Waals surface area contributed by atoms with Crippen LogP contribution < -0.4 is 4.90 Å². The summed E-state index contributed by atoms with van der Waals surface area (Å²) < 4.78 is 0.